The van der Waals surface area contributed by atoms with Crippen molar-refractivity contribution >= 4 is 34.7 Å². The van der Waals surface area contributed by atoms with Gasteiger partial charge in [-0.15, -0.1) is 6.58 Å². The number of hydrogen-bond acceptors (Lipinski definition) is 5. The van der Waals surface area contributed by atoms with Crippen LogP contribution < -0.4 is 4.74 Å². The molecule has 1 aliphatic rings. The number of benzene rings is 1. The highest BCUT2D eigenvalue weighted by molar-refractivity contribution is 8.18. The normalized spacial score (nSPS) is 16.6. The van der Waals surface area contributed by atoms with Crippen LogP contribution in [0.2, 0.25) is 0 Å². The third-order valence-electron chi connectivity index (χ3n) is 3.83. The van der Waals surface area contributed by atoms with Crippen molar-refractivity contribution in [3.63, 3.8) is 0 Å². The van der Waals surface area contributed by atoms with Crippen molar-refractivity contribution in [1.82, 2.24) is 9.88 Å². The van der Waals surface area contributed by atoms with E-state index < -0.39 is 0 Å². The van der Waals surface area contributed by atoms with Gasteiger partial charge in [-0.2, -0.15) is 0 Å². The lowest BCUT2D eigenvalue weighted by atomic mass is 10.2. The first-order valence-electron chi connectivity index (χ1n) is 8.79. The molecular formula is C22H21N3O2S. The molecule has 0 N–H and O–H groups in total. The van der Waals surface area contributed by atoms with Crippen molar-refractivity contribution in [2.45, 2.75) is 6.92 Å². The number of pyridine rings is 1. The molecule has 1 aromatic heterocycles. The first-order valence-corrected chi connectivity index (χ1v) is 9.61. The number of aryl methyl sites for hydroxylation is 1. The number of aliphatic imine (C=N–C) groups is 1. The van der Waals surface area contributed by atoms with Gasteiger partial charge >= 0.3 is 0 Å². The van der Waals surface area contributed by atoms with E-state index in [1.165, 1.54) is 11.8 Å². The maximum Gasteiger partial charge on any atom is 0.267 e. The Labute approximate surface area is 169 Å². The molecule has 6 heteroatoms. The summed E-state index contributed by atoms with van der Waals surface area (Å²) in [4.78, 5) is 24.0. The van der Waals surface area contributed by atoms with Crippen molar-refractivity contribution in [1.29, 1.82) is 0 Å². The van der Waals surface area contributed by atoms with E-state index in [9.17, 15) is 4.79 Å². The van der Waals surface area contributed by atoms with Gasteiger partial charge in [0.15, 0.2) is 11.0 Å². The zero-order valence-electron chi connectivity index (χ0n) is 15.7. The second-order valence-electron chi connectivity index (χ2n) is 6.02. The number of carbonyl (C=O) groups is 1. The molecule has 0 radical (unpaired) electrons. The second kappa shape index (κ2) is 9.19. The molecule has 0 saturated carbocycles. The minimum Gasteiger partial charge on any atom is -0.490 e. The van der Waals surface area contributed by atoms with Crippen LogP contribution in [0.3, 0.4) is 0 Å². The lowest BCUT2D eigenvalue weighted by molar-refractivity contribution is -0.121. The number of hydrogen-bond donors (Lipinski definition) is 0. The Morgan fingerprint density at radius 3 is 2.64 bits per heavy atom. The molecule has 0 spiro atoms. The van der Waals surface area contributed by atoms with Gasteiger partial charge in [-0.05, 0) is 54.6 Å². The van der Waals surface area contributed by atoms with E-state index in [4.69, 9.17) is 4.74 Å². The third-order valence-corrected chi connectivity index (χ3v) is 4.84. The topological polar surface area (TPSA) is 54.8 Å². The number of ether oxygens (including phenoxy) is 1. The van der Waals surface area contributed by atoms with E-state index in [0.29, 0.717) is 29.0 Å². The molecule has 1 aliphatic heterocycles. The van der Waals surface area contributed by atoms with E-state index in [1.54, 1.807) is 17.1 Å². The zero-order chi connectivity index (χ0) is 19.9. The number of carbonyl (C=O) groups excluding carboxylic acids is 1. The van der Waals surface area contributed by atoms with Crippen LogP contribution in [-0.4, -0.2) is 34.1 Å². The summed E-state index contributed by atoms with van der Waals surface area (Å²) in [5, 5.41) is 0.597. The molecule has 28 heavy (non-hydrogen) atoms. The highest BCUT2D eigenvalue weighted by Crippen LogP contribution is 2.34. The average Bonchev–Trinajstić information content (AvgIpc) is 2.97. The van der Waals surface area contributed by atoms with Crippen molar-refractivity contribution in [3.8, 4) is 5.75 Å². The van der Waals surface area contributed by atoms with Crippen LogP contribution in [0.4, 0.5) is 5.82 Å². The number of amides is 1. The standard InChI is InChI=1S/C22H21N3O2S/c1-4-13-25-21(26)19(15-17-9-11-18(12-10-17)27-14-5-2)28-22(25)24-20-8-6-7-16(3)23-20/h4-12,15H,1-2,13-14H2,3H3/b19-15-,24-22+. The Kier molecular flexibility index (Phi) is 6.45. The molecule has 5 nitrogen and oxygen atoms in total. The first-order chi connectivity index (χ1) is 13.6. The second-order valence-corrected chi connectivity index (χ2v) is 7.02. The van der Waals surface area contributed by atoms with E-state index in [1.807, 2.05) is 55.5 Å². The predicted molar refractivity (Wildman–Crippen MR) is 116 cm³/mol. The minimum absolute atomic E-state index is 0.0942. The summed E-state index contributed by atoms with van der Waals surface area (Å²) < 4.78 is 5.49. The largest absolute Gasteiger partial charge is 0.490 e. The first kappa shape index (κ1) is 19.6. The number of aromatic nitrogens is 1. The monoisotopic (exact) mass is 391 g/mol. The Bertz CT molecular complexity index is 949. The van der Waals surface area contributed by atoms with Gasteiger partial charge in [-0.25, -0.2) is 9.98 Å². The van der Waals surface area contributed by atoms with E-state index in [0.717, 1.165) is 17.0 Å². The lowest BCUT2D eigenvalue weighted by Gasteiger charge is -2.12. The maximum absolute atomic E-state index is 12.8. The molecular weight excluding hydrogens is 370 g/mol. The van der Waals surface area contributed by atoms with Gasteiger partial charge in [0.1, 0.15) is 12.4 Å². The smallest absolute Gasteiger partial charge is 0.267 e. The molecule has 2 aromatic rings. The quantitative estimate of drug-likeness (QED) is 0.505. The Morgan fingerprint density at radius 2 is 1.96 bits per heavy atom. The molecule has 1 amide bonds. The van der Waals surface area contributed by atoms with Gasteiger partial charge in [0.05, 0.1) is 4.91 Å². The minimum atomic E-state index is -0.0942. The SMILES string of the molecule is C=CCOc1ccc(/C=C2\S/C(=N/c3cccc(C)n3)N(CC=C)C2=O)cc1. The molecule has 3 rings (SSSR count). The molecule has 0 atom stereocenters. The number of rotatable bonds is 7. The van der Waals surface area contributed by atoms with Gasteiger partial charge in [-0.1, -0.05) is 36.9 Å². The van der Waals surface area contributed by atoms with E-state index in [-0.39, 0.29) is 5.91 Å². The summed E-state index contributed by atoms with van der Waals surface area (Å²) in [6, 6.07) is 13.2. The zero-order valence-corrected chi connectivity index (χ0v) is 16.5. The highest BCUT2D eigenvalue weighted by atomic mass is 32.2. The maximum atomic E-state index is 12.8. The van der Waals surface area contributed by atoms with Crippen LogP contribution >= 0.6 is 11.8 Å². The molecule has 1 saturated heterocycles. The summed E-state index contributed by atoms with van der Waals surface area (Å²) >= 11 is 1.34. The summed E-state index contributed by atoms with van der Waals surface area (Å²) in [6.07, 6.45) is 5.24. The van der Waals surface area contributed by atoms with E-state index in [2.05, 4.69) is 23.1 Å². The van der Waals surface area contributed by atoms with Crippen LogP contribution in [-0.2, 0) is 4.79 Å². The fraction of sp³-hybridized carbons (Fsp3) is 0.136. The van der Waals surface area contributed by atoms with Crippen LogP contribution in [0.5, 0.6) is 5.75 Å². The number of amidine groups is 1. The molecule has 142 valence electrons. The molecule has 0 aliphatic carbocycles. The Hall–Kier alpha value is -3.12. The highest BCUT2D eigenvalue weighted by Gasteiger charge is 2.32. The van der Waals surface area contributed by atoms with Gasteiger partial charge in [0.25, 0.3) is 5.91 Å². The third kappa shape index (κ3) is 4.78. The lowest BCUT2D eigenvalue weighted by Crippen LogP contribution is -2.29. The molecule has 2 heterocycles. The molecule has 1 fully saturated rings. The van der Waals surface area contributed by atoms with Crippen LogP contribution in [0.1, 0.15) is 11.3 Å². The summed E-state index contributed by atoms with van der Waals surface area (Å²) in [5.74, 6) is 1.24. The van der Waals surface area contributed by atoms with Crippen LogP contribution in [0.15, 0.2) is 77.7 Å². The summed E-state index contributed by atoms with van der Waals surface area (Å²) in [5.41, 5.74) is 1.79. The average molecular weight is 391 g/mol. The summed E-state index contributed by atoms with van der Waals surface area (Å²) in [7, 11) is 0. The van der Waals surface area contributed by atoms with E-state index >= 15 is 0 Å². The number of nitrogens with zero attached hydrogens (tertiary/aromatic N) is 3. The molecule has 0 bridgehead atoms. The van der Waals surface area contributed by atoms with Crippen molar-refractivity contribution < 1.29 is 9.53 Å². The fourth-order valence-corrected chi connectivity index (χ4v) is 3.53. The van der Waals surface area contributed by atoms with Gasteiger partial charge < -0.3 is 4.74 Å². The molecule has 0 unspecified atom stereocenters. The van der Waals surface area contributed by atoms with Gasteiger partial charge in [0, 0.05) is 12.2 Å². The van der Waals surface area contributed by atoms with Crippen molar-refractivity contribution in [2.75, 3.05) is 13.2 Å². The van der Waals surface area contributed by atoms with Crippen LogP contribution in [0.25, 0.3) is 6.08 Å². The Balaban J connectivity index is 1.86. The molecule has 1 aromatic carbocycles. The van der Waals surface area contributed by atoms with Crippen LogP contribution in [0, 0.1) is 6.92 Å². The van der Waals surface area contributed by atoms with Gasteiger partial charge in [0.2, 0.25) is 0 Å². The Morgan fingerprint density at radius 1 is 1.18 bits per heavy atom. The van der Waals surface area contributed by atoms with Gasteiger partial charge in [-0.3, -0.25) is 9.69 Å². The van der Waals surface area contributed by atoms with Crippen molar-refractivity contribution in [3.05, 3.63) is 83.9 Å². The predicted octanol–water partition coefficient (Wildman–Crippen LogP) is 4.74. The number of thioether (sulfide) groups is 1. The fourth-order valence-electron chi connectivity index (χ4n) is 2.54. The van der Waals surface area contributed by atoms with Crippen molar-refractivity contribution in [2.24, 2.45) is 4.99 Å². The summed E-state index contributed by atoms with van der Waals surface area (Å²) in [6.45, 7) is 10.1.